The zero-order chi connectivity index (χ0) is 20.1. The summed E-state index contributed by atoms with van der Waals surface area (Å²) in [5.74, 6) is 0.00323. The third-order valence-electron chi connectivity index (χ3n) is 4.45. The minimum atomic E-state index is -0.357. The molecular formula is C21H23ClN2O4. The molecule has 0 aliphatic carbocycles. The first kappa shape index (κ1) is 20.2. The molecule has 6 nitrogen and oxygen atoms in total. The fraction of sp³-hybridized carbons (Fsp3) is 0.333. The second kappa shape index (κ2) is 9.08. The van der Waals surface area contributed by atoms with E-state index < -0.39 is 0 Å². The van der Waals surface area contributed by atoms with E-state index in [9.17, 15) is 9.59 Å². The van der Waals surface area contributed by atoms with Crippen molar-refractivity contribution in [1.82, 2.24) is 5.32 Å². The van der Waals surface area contributed by atoms with E-state index in [1.165, 1.54) is 6.92 Å². The molecule has 0 saturated heterocycles. The summed E-state index contributed by atoms with van der Waals surface area (Å²) in [4.78, 5) is 25.8. The molecule has 148 valence electrons. The van der Waals surface area contributed by atoms with E-state index in [2.05, 4.69) is 5.32 Å². The van der Waals surface area contributed by atoms with Gasteiger partial charge in [0.2, 0.25) is 0 Å². The number of carbonyl (C=O) groups excluding carboxylic acids is 2. The Bertz CT molecular complexity index is 871. The molecule has 1 N–H and O–H groups in total. The van der Waals surface area contributed by atoms with Crippen LogP contribution in [-0.4, -0.2) is 37.7 Å². The Morgan fingerprint density at radius 1 is 1.21 bits per heavy atom. The van der Waals surface area contributed by atoms with Crippen LogP contribution in [0.1, 0.15) is 29.8 Å². The molecule has 0 bridgehead atoms. The predicted molar refractivity (Wildman–Crippen MR) is 108 cm³/mol. The summed E-state index contributed by atoms with van der Waals surface area (Å²) >= 11 is 6.38. The summed E-state index contributed by atoms with van der Waals surface area (Å²) in [6, 6.07) is 13.0. The summed E-state index contributed by atoms with van der Waals surface area (Å²) < 4.78 is 10.3. The van der Waals surface area contributed by atoms with Crippen molar-refractivity contribution in [2.24, 2.45) is 0 Å². The van der Waals surface area contributed by atoms with Gasteiger partial charge < -0.3 is 19.7 Å². The Balaban J connectivity index is 1.77. The average molecular weight is 403 g/mol. The van der Waals surface area contributed by atoms with Gasteiger partial charge >= 0.3 is 5.97 Å². The molecule has 0 aromatic heterocycles. The third-order valence-corrected chi connectivity index (χ3v) is 4.77. The number of esters is 1. The monoisotopic (exact) mass is 402 g/mol. The molecule has 0 radical (unpaired) electrons. The molecule has 1 atom stereocenters. The average Bonchev–Trinajstić information content (AvgIpc) is 2.84. The van der Waals surface area contributed by atoms with Crippen LogP contribution in [0.15, 0.2) is 42.5 Å². The molecule has 0 spiro atoms. The van der Waals surface area contributed by atoms with Gasteiger partial charge in [0.1, 0.15) is 19.0 Å². The smallest absolute Gasteiger partial charge is 0.302 e. The van der Waals surface area contributed by atoms with Crippen LogP contribution in [0, 0.1) is 0 Å². The molecule has 1 amide bonds. The van der Waals surface area contributed by atoms with E-state index in [1.807, 2.05) is 31.2 Å². The normalized spacial score (nSPS) is 16.1. The van der Waals surface area contributed by atoms with Gasteiger partial charge in [-0.15, -0.1) is 0 Å². The Kier molecular flexibility index (Phi) is 6.54. The number of carbonyl (C=O) groups is 2. The highest BCUT2D eigenvalue weighted by Gasteiger charge is 2.26. The van der Waals surface area contributed by atoms with Gasteiger partial charge in [-0.2, -0.15) is 0 Å². The molecule has 0 saturated carbocycles. The van der Waals surface area contributed by atoms with Crippen LogP contribution in [0.5, 0.6) is 5.75 Å². The van der Waals surface area contributed by atoms with E-state index in [-0.39, 0.29) is 31.1 Å². The molecule has 2 aromatic rings. The van der Waals surface area contributed by atoms with E-state index in [4.69, 9.17) is 21.1 Å². The van der Waals surface area contributed by atoms with Crippen molar-refractivity contribution >= 4 is 29.2 Å². The predicted octanol–water partition coefficient (Wildman–Crippen LogP) is 3.42. The number of ether oxygens (including phenoxy) is 2. The molecule has 1 aliphatic heterocycles. The number of anilines is 1. The van der Waals surface area contributed by atoms with Crippen LogP contribution in [0.3, 0.4) is 0 Å². The van der Waals surface area contributed by atoms with Crippen molar-refractivity contribution in [2.45, 2.75) is 26.4 Å². The number of nitrogens with zero attached hydrogens (tertiary/aromatic N) is 1. The fourth-order valence-electron chi connectivity index (χ4n) is 3.09. The lowest BCUT2D eigenvalue weighted by atomic mass is 10.1. The highest BCUT2D eigenvalue weighted by molar-refractivity contribution is 6.34. The Morgan fingerprint density at radius 3 is 2.75 bits per heavy atom. The Morgan fingerprint density at radius 2 is 2.00 bits per heavy atom. The summed E-state index contributed by atoms with van der Waals surface area (Å²) in [5.41, 5.74) is 2.38. The van der Waals surface area contributed by atoms with Crippen molar-refractivity contribution < 1.29 is 19.1 Å². The molecule has 28 heavy (non-hydrogen) atoms. The van der Waals surface area contributed by atoms with Gasteiger partial charge in [-0.05, 0) is 36.8 Å². The molecule has 0 fully saturated rings. The first-order chi connectivity index (χ1) is 13.5. The number of nitrogens with one attached hydrogen (secondary N) is 1. The number of benzene rings is 2. The number of para-hydroxylation sites is 1. The summed E-state index contributed by atoms with van der Waals surface area (Å²) in [5, 5.41) is 3.73. The van der Waals surface area contributed by atoms with Crippen molar-refractivity contribution in [1.29, 1.82) is 0 Å². The molecule has 1 aliphatic rings. The lowest BCUT2D eigenvalue weighted by molar-refractivity contribution is -0.141. The number of hydrogen-bond donors (Lipinski definition) is 1. The maximum absolute atomic E-state index is 13.2. The zero-order valence-electron chi connectivity index (χ0n) is 15.9. The number of amides is 1. The van der Waals surface area contributed by atoms with Crippen LogP contribution in [0.2, 0.25) is 5.02 Å². The summed E-state index contributed by atoms with van der Waals surface area (Å²) in [7, 11) is 0. The van der Waals surface area contributed by atoms with E-state index in [0.717, 1.165) is 11.3 Å². The molecule has 1 heterocycles. The second-order valence-electron chi connectivity index (χ2n) is 6.66. The van der Waals surface area contributed by atoms with Crippen molar-refractivity contribution in [3.05, 3.63) is 58.6 Å². The van der Waals surface area contributed by atoms with Crippen LogP contribution in [0.25, 0.3) is 0 Å². The first-order valence-corrected chi connectivity index (χ1v) is 9.52. The second-order valence-corrected chi connectivity index (χ2v) is 7.06. The lowest BCUT2D eigenvalue weighted by Gasteiger charge is -2.25. The van der Waals surface area contributed by atoms with Crippen LogP contribution in [0.4, 0.5) is 5.69 Å². The van der Waals surface area contributed by atoms with Crippen molar-refractivity contribution in [3.63, 3.8) is 0 Å². The summed E-state index contributed by atoms with van der Waals surface area (Å²) in [6.07, 6.45) is 0. The Labute approximate surface area is 169 Å². The highest BCUT2D eigenvalue weighted by Crippen LogP contribution is 2.29. The first-order valence-electron chi connectivity index (χ1n) is 9.14. The maximum Gasteiger partial charge on any atom is 0.302 e. The standard InChI is InChI=1S/C21H23ClN2O4/c1-14-13-24(20-6-4-3-5-16(20)12-23-14)21(26)18-8-7-17(11-19(18)22)28-10-9-27-15(2)25/h3-8,11,14,23H,9-10,12-13H2,1-2H3/t14-/m1/s1. The van der Waals surface area contributed by atoms with E-state index in [1.54, 1.807) is 23.1 Å². The van der Waals surface area contributed by atoms with Crippen LogP contribution in [-0.2, 0) is 16.1 Å². The topological polar surface area (TPSA) is 67.9 Å². The quantitative estimate of drug-likeness (QED) is 0.613. The number of halogens is 1. The SMILES string of the molecule is CC(=O)OCCOc1ccc(C(=O)N2C[C@@H](C)NCc3ccccc32)c(Cl)c1. The number of fused-ring (bicyclic) bond motifs is 1. The summed E-state index contributed by atoms with van der Waals surface area (Å²) in [6.45, 7) is 5.02. The lowest BCUT2D eigenvalue weighted by Crippen LogP contribution is -2.39. The van der Waals surface area contributed by atoms with E-state index >= 15 is 0 Å². The molecule has 7 heteroatoms. The molecule has 0 unspecified atom stereocenters. The third kappa shape index (κ3) is 4.82. The fourth-order valence-corrected chi connectivity index (χ4v) is 3.34. The van der Waals surface area contributed by atoms with Crippen molar-refractivity contribution in [3.8, 4) is 5.75 Å². The highest BCUT2D eigenvalue weighted by atomic mass is 35.5. The van der Waals surface area contributed by atoms with Gasteiger partial charge in [-0.1, -0.05) is 29.8 Å². The van der Waals surface area contributed by atoms with Gasteiger partial charge in [-0.3, -0.25) is 9.59 Å². The number of hydrogen-bond acceptors (Lipinski definition) is 5. The van der Waals surface area contributed by atoms with Gasteiger partial charge in [-0.25, -0.2) is 0 Å². The van der Waals surface area contributed by atoms with Gasteiger partial charge in [0.25, 0.3) is 5.91 Å². The maximum atomic E-state index is 13.2. The van der Waals surface area contributed by atoms with Crippen molar-refractivity contribution in [2.75, 3.05) is 24.7 Å². The van der Waals surface area contributed by atoms with Gasteiger partial charge in [0.15, 0.2) is 0 Å². The van der Waals surface area contributed by atoms with Gasteiger partial charge in [0, 0.05) is 31.7 Å². The van der Waals surface area contributed by atoms with E-state index in [0.29, 0.717) is 29.4 Å². The number of rotatable bonds is 5. The Hall–Kier alpha value is -2.57. The van der Waals surface area contributed by atoms with Gasteiger partial charge in [0.05, 0.1) is 10.6 Å². The van der Waals surface area contributed by atoms with Crippen LogP contribution < -0.4 is 15.0 Å². The zero-order valence-corrected chi connectivity index (χ0v) is 16.7. The molecular weight excluding hydrogens is 380 g/mol. The minimum absolute atomic E-state index is 0.152. The minimum Gasteiger partial charge on any atom is -0.490 e. The van der Waals surface area contributed by atoms with Crippen LogP contribution >= 0.6 is 11.6 Å². The largest absolute Gasteiger partial charge is 0.490 e. The molecule has 2 aromatic carbocycles. The molecule has 3 rings (SSSR count).